The van der Waals surface area contributed by atoms with Gasteiger partial charge in [0.1, 0.15) is 0 Å². The Morgan fingerprint density at radius 1 is 0.542 bits per heavy atom. The third kappa shape index (κ3) is 13.3. The second-order valence-electron chi connectivity index (χ2n) is 8.19. The first kappa shape index (κ1) is 22.0. The maximum absolute atomic E-state index is 5.68. The Labute approximate surface area is 153 Å². The summed E-state index contributed by atoms with van der Waals surface area (Å²) in [6, 6.07) is 0. The maximum atomic E-state index is 5.68. The Morgan fingerprint density at radius 3 is 1.54 bits per heavy atom. The zero-order valence-electron chi connectivity index (χ0n) is 17.0. The first-order valence-corrected chi connectivity index (χ1v) is 11.5. The fraction of sp³-hybridized carbons (Fsp3) is 1.00. The molecule has 0 N–H and O–H groups in total. The van der Waals surface area contributed by atoms with Gasteiger partial charge in [0.2, 0.25) is 0 Å². The van der Waals surface area contributed by atoms with E-state index in [1.165, 1.54) is 103 Å². The highest BCUT2D eigenvalue weighted by atomic mass is 16.5. The van der Waals surface area contributed by atoms with Gasteiger partial charge in [0, 0.05) is 13.2 Å². The lowest BCUT2D eigenvalue weighted by atomic mass is 10.0. The van der Waals surface area contributed by atoms with E-state index >= 15 is 0 Å². The SMILES string of the molecule is CCCCCCCCCC1CC1CCCCCCOCCCCC. The van der Waals surface area contributed by atoms with E-state index in [0.29, 0.717) is 0 Å². The Balaban J connectivity index is 1.72. The van der Waals surface area contributed by atoms with Crippen LogP contribution in [0.15, 0.2) is 0 Å². The van der Waals surface area contributed by atoms with Gasteiger partial charge in [-0.2, -0.15) is 0 Å². The number of ether oxygens (including phenoxy) is 1. The minimum Gasteiger partial charge on any atom is -0.381 e. The summed E-state index contributed by atoms with van der Waals surface area (Å²) in [6.45, 7) is 6.53. The molecule has 0 saturated heterocycles. The van der Waals surface area contributed by atoms with Crippen molar-refractivity contribution in [3.63, 3.8) is 0 Å². The maximum Gasteiger partial charge on any atom is 0.0466 e. The highest BCUT2D eigenvalue weighted by Gasteiger charge is 2.34. The first-order chi connectivity index (χ1) is 11.9. The molecule has 1 aliphatic carbocycles. The molecule has 0 spiro atoms. The molecule has 0 heterocycles. The molecule has 1 rings (SSSR count). The minimum absolute atomic E-state index is 0.982. The Morgan fingerprint density at radius 2 is 0.958 bits per heavy atom. The summed E-state index contributed by atoms with van der Waals surface area (Å²) in [5.74, 6) is 2.22. The van der Waals surface area contributed by atoms with Crippen LogP contribution in [-0.2, 0) is 4.74 Å². The fourth-order valence-electron chi connectivity index (χ4n) is 3.90. The van der Waals surface area contributed by atoms with Crippen molar-refractivity contribution in [2.24, 2.45) is 11.8 Å². The third-order valence-electron chi connectivity index (χ3n) is 5.75. The van der Waals surface area contributed by atoms with E-state index in [0.717, 1.165) is 25.0 Å². The first-order valence-electron chi connectivity index (χ1n) is 11.5. The standard InChI is InChI=1S/C23H46O/c1-3-5-7-8-9-10-13-17-22-21-23(22)18-14-11-12-16-20-24-19-15-6-4-2/h22-23H,3-21H2,1-2H3. The highest BCUT2D eigenvalue weighted by Crippen LogP contribution is 2.45. The van der Waals surface area contributed by atoms with Crippen LogP contribution < -0.4 is 0 Å². The van der Waals surface area contributed by atoms with Crippen LogP contribution in [-0.4, -0.2) is 13.2 Å². The number of unbranched alkanes of at least 4 members (excludes halogenated alkanes) is 11. The van der Waals surface area contributed by atoms with Crippen molar-refractivity contribution in [2.75, 3.05) is 13.2 Å². The summed E-state index contributed by atoms with van der Waals surface area (Å²) < 4.78 is 5.68. The summed E-state index contributed by atoms with van der Waals surface area (Å²) in [5.41, 5.74) is 0. The van der Waals surface area contributed by atoms with Crippen molar-refractivity contribution in [2.45, 2.75) is 123 Å². The Bertz CT molecular complexity index is 250. The molecule has 144 valence electrons. The average molecular weight is 339 g/mol. The van der Waals surface area contributed by atoms with Crippen molar-refractivity contribution in [3.8, 4) is 0 Å². The van der Waals surface area contributed by atoms with E-state index in [1.54, 1.807) is 6.42 Å². The average Bonchev–Trinajstić information content (AvgIpc) is 3.34. The van der Waals surface area contributed by atoms with Gasteiger partial charge in [0.25, 0.3) is 0 Å². The second kappa shape index (κ2) is 16.4. The quantitative estimate of drug-likeness (QED) is 0.217. The summed E-state index contributed by atoms with van der Waals surface area (Å²) >= 11 is 0. The molecule has 0 bridgehead atoms. The fourth-order valence-corrected chi connectivity index (χ4v) is 3.90. The number of rotatable bonds is 19. The normalized spacial score (nSPS) is 19.8. The van der Waals surface area contributed by atoms with Crippen LogP contribution in [0, 0.1) is 11.8 Å². The Hall–Kier alpha value is -0.0400. The lowest BCUT2D eigenvalue weighted by Gasteiger charge is -2.04. The Kier molecular flexibility index (Phi) is 15.1. The molecular weight excluding hydrogens is 292 g/mol. The molecule has 1 heteroatoms. The van der Waals surface area contributed by atoms with Crippen LogP contribution in [0.2, 0.25) is 0 Å². The minimum atomic E-state index is 0.982. The second-order valence-corrected chi connectivity index (χ2v) is 8.19. The van der Waals surface area contributed by atoms with E-state index in [2.05, 4.69) is 13.8 Å². The van der Waals surface area contributed by atoms with Crippen LogP contribution in [0.5, 0.6) is 0 Å². The van der Waals surface area contributed by atoms with Crippen molar-refractivity contribution < 1.29 is 4.74 Å². The molecule has 0 amide bonds. The van der Waals surface area contributed by atoms with Gasteiger partial charge in [-0.1, -0.05) is 104 Å². The summed E-state index contributed by atoms with van der Waals surface area (Å²) in [7, 11) is 0. The van der Waals surface area contributed by atoms with Crippen LogP contribution in [0.25, 0.3) is 0 Å². The molecule has 1 saturated carbocycles. The van der Waals surface area contributed by atoms with Gasteiger partial charge in [-0.25, -0.2) is 0 Å². The van der Waals surface area contributed by atoms with E-state index in [-0.39, 0.29) is 0 Å². The molecule has 0 aromatic carbocycles. The number of hydrogen-bond acceptors (Lipinski definition) is 1. The topological polar surface area (TPSA) is 9.23 Å². The summed E-state index contributed by atoms with van der Waals surface area (Å²) in [6.07, 6.45) is 24.2. The van der Waals surface area contributed by atoms with Crippen molar-refractivity contribution in [1.29, 1.82) is 0 Å². The molecule has 0 aromatic rings. The van der Waals surface area contributed by atoms with Crippen molar-refractivity contribution in [3.05, 3.63) is 0 Å². The van der Waals surface area contributed by atoms with E-state index in [1.807, 2.05) is 0 Å². The largest absolute Gasteiger partial charge is 0.381 e. The van der Waals surface area contributed by atoms with Crippen LogP contribution in [0.1, 0.15) is 123 Å². The third-order valence-corrected chi connectivity index (χ3v) is 5.75. The summed E-state index contributed by atoms with van der Waals surface area (Å²) in [5, 5.41) is 0. The van der Waals surface area contributed by atoms with E-state index in [4.69, 9.17) is 4.74 Å². The van der Waals surface area contributed by atoms with Crippen LogP contribution in [0.3, 0.4) is 0 Å². The van der Waals surface area contributed by atoms with Gasteiger partial charge >= 0.3 is 0 Å². The predicted molar refractivity (Wildman–Crippen MR) is 108 cm³/mol. The van der Waals surface area contributed by atoms with Gasteiger partial charge in [-0.15, -0.1) is 0 Å². The number of hydrogen-bond donors (Lipinski definition) is 0. The lowest BCUT2D eigenvalue weighted by Crippen LogP contribution is -1.97. The molecule has 0 radical (unpaired) electrons. The van der Waals surface area contributed by atoms with Gasteiger partial charge in [-0.3, -0.25) is 0 Å². The van der Waals surface area contributed by atoms with Gasteiger partial charge < -0.3 is 4.74 Å². The van der Waals surface area contributed by atoms with Gasteiger partial charge in [0.05, 0.1) is 0 Å². The lowest BCUT2D eigenvalue weighted by molar-refractivity contribution is 0.126. The molecule has 1 nitrogen and oxygen atoms in total. The molecule has 2 unspecified atom stereocenters. The molecular formula is C23H46O. The van der Waals surface area contributed by atoms with E-state index in [9.17, 15) is 0 Å². The molecule has 0 aromatic heterocycles. The van der Waals surface area contributed by atoms with Crippen LogP contribution >= 0.6 is 0 Å². The molecule has 1 aliphatic rings. The molecule has 2 atom stereocenters. The highest BCUT2D eigenvalue weighted by molar-refractivity contribution is 4.85. The predicted octanol–water partition coefficient (Wildman–Crippen LogP) is 7.92. The molecule has 0 aliphatic heterocycles. The zero-order valence-corrected chi connectivity index (χ0v) is 17.0. The molecule has 1 fully saturated rings. The van der Waals surface area contributed by atoms with Gasteiger partial charge in [-0.05, 0) is 31.1 Å². The summed E-state index contributed by atoms with van der Waals surface area (Å²) in [4.78, 5) is 0. The molecule has 24 heavy (non-hydrogen) atoms. The van der Waals surface area contributed by atoms with Crippen molar-refractivity contribution >= 4 is 0 Å². The van der Waals surface area contributed by atoms with Crippen LogP contribution in [0.4, 0.5) is 0 Å². The van der Waals surface area contributed by atoms with E-state index < -0.39 is 0 Å². The zero-order chi connectivity index (χ0) is 17.3. The van der Waals surface area contributed by atoms with Gasteiger partial charge in [0.15, 0.2) is 0 Å². The van der Waals surface area contributed by atoms with Crippen molar-refractivity contribution in [1.82, 2.24) is 0 Å². The monoisotopic (exact) mass is 338 g/mol. The smallest absolute Gasteiger partial charge is 0.0466 e.